The lowest BCUT2D eigenvalue weighted by atomic mass is 9.82. The van der Waals surface area contributed by atoms with Gasteiger partial charge >= 0.3 is 0 Å². The van der Waals surface area contributed by atoms with Crippen LogP contribution in [0.4, 0.5) is 4.39 Å². The molecule has 0 aromatic heterocycles. The molecule has 0 radical (unpaired) electrons. The summed E-state index contributed by atoms with van der Waals surface area (Å²) in [6.07, 6.45) is 1.62. The fraction of sp³-hybridized carbons (Fsp3) is 0.200. The molecular formula is C25H25FO2. The van der Waals surface area contributed by atoms with Crippen LogP contribution >= 0.6 is 0 Å². The van der Waals surface area contributed by atoms with E-state index < -0.39 is 0 Å². The Morgan fingerprint density at radius 1 is 0.929 bits per heavy atom. The standard InChI is InChI=1S/C25H25FO2/c1-4-25(2,3)24(20-13-15-21(26)16-14-20)27-18-19-9-8-12-23(17-19)28-22-10-6-5-7-11-22/h4-17,24H,1,18H2,2-3H3. The summed E-state index contributed by atoms with van der Waals surface area (Å²) in [7, 11) is 0. The minimum atomic E-state index is -0.310. The first-order valence-electron chi connectivity index (χ1n) is 9.30. The minimum Gasteiger partial charge on any atom is -0.457 e. The summed E-state index contributed by atoms with van der Waals surface area (Å²) in [5.41, 5.74) is 1.61. The van der Waals surface area contributed by atoms with Crippen LogP contribution in [0.2, 0.25) is 0 Å². The van der Waals surface area contributed by atoms with Crippen LogP contribution in [-0.2, 0) is 11.3 Å². The van der Waals surface area contributed by atoms with Gasteiger partial charge in [0, 0.05) is 5.41 Å². The first-order chi connectivity index (χ1) is 13.5. The van der Waals surface area contributed by atoms with Crippen LogP contribution < -0.4 is 4.74 Å². The Hall–Kier alpha value is -2.91. The van der Waals surface area contributed by atoms with Crippen molar-refractivity contribution in [2.45, 2.75) is 26.6 Å². The number of benzene rings is 3. The van der Waals surface area contributed by atoms with Gasteiger partial charge in [0.1, 0.15) is 17.3 Å². The summed E-state index contributed by atoms with van der Waals surface area (Å²) in [5, 5.41) is 0. The summed E-state index contributed by atoms with van der Waals surface area (Å²) >= 11 is 0. The van der Waals surface area contributed by atoms with Crippen molar-refractivity contribution in [3.05, 3.63) is 108 Å². The van der Waals surface area contributed by atoms with Crippen molar-refractivity contribution in [3.8, 4) is 11.5 Å². The second-order valence-corrected chi connectivity index (χ2v) is 7.33. The van der Waals surface area contributed by atoms with E-state index in [4.69, 9.17) is 9.47 Å². The zero-order valence-electron chi connectivity index (χ0n) is 16.3. The van der Waals surface area contributed by atoms with E-state index in [0.29, 0.717) is 6.61 Å². The molecule has 0 heterocycles. The van der Waals surface area contributed by atoms with E-state index in [-0.39, 0.29) is 17.3 Å². The Kier molecular flexibility index (Phi) is 6.27. The molecule has 0 saturated carbocycles. The maximum absolute atomic E-state index is 13.3. The molecular weight excluding hydrogens is 351 g/mol. The van der Waals surface area contributed by atoms with Crippen molar-refractivity contribution in [1.82, 2.24) is 0 Å². The Bertz CT molecular complexity index is 901. The van der Waals surface area contributed by atoms with E-state index in [1.165, 1.54) is 12.1 Å². The Labute approximate surface area is 166 Å². The molecule has 0 spiro atoms. The Balaban J connectivity index is 1.75. The van der Waals surface area contributed by atoms with Gasteiger partial charge in [-0.3, -0.25) is 0 Å². The number of rotatable bonds is 8. The summed E-state index contributed by atoms with van der Waals surface area (Å²) < 4.78 is 25.5. The Morgan fingerprint density at radius 2 is 1.61 bits per heavy atom. The van der Waals surface area contributed by atoms with Crippen LogP contribution in [0, 0.1) is 11.2 Å². The molecule has 0 N–H and O–H groups in total. The van der Waals surface area contributed by atoms with Crippen LogP contribution in [-0.4, -0.2) is 0 Å². The topological polar surface area (TPSA) is 18.5 Å². The molecule has 0 saturated heterocycles. The molecule has 3 heteroatoms. The molecule has 0 aliphatic heterocycles. The molecule has 3 aromatic carbocycles. The molecule has 144 valence electrons. The van der Waals surface area contributed by atoms with Gasteiger partial charge in [0.25, 0.3) is 0 Å². The van der Waals surface area contributed by atoms with E-state index >= 15 is 0 Å². The van der Waals surface area contributed by atoms with E-state index in [0.717, 1.165) is 22.6 Å². The molecule has 3 rings (SSSR count). The SMILES string of the molecule is C=CC(C)(C)C(OCc1cccc(Oc2ccccc2)c1)c1ccc(F)cc1. The van der Waals surface area contributed by atoms with E-state index in [9.17, 15) is 4.39 Å². The summed E-state index contributed by atoms with van der Waals surface area (Å²) in [6.45, 7) is 8.46. The van der Waals surface area contributed by atoms with Gasteiger partial charge in [0.2, 0.25) is 0 Å². The second-order valence-electron chi connectivity index (χ2n) is 7.33. The maximum atomic E-state index is 13.3. The van der Waals surface area contributed by atoms with Crippen LogP contribution in [0.1, 0.15) is 31.1 Å². The number of hydrogen-bond acceptors (Lipinski definition) is 2. The fourth-order valence-electron chi connectivity index (χ4n) is 2.99. The second kappa shape index (κ2) is 8.85. The predicted molar refractivity (Wildman–Crippen MR) is 111 cm³/mol. The summed E-state index contributed by atoms with van der Waals surface area (Å²) in [4.78, 5) is 0. The molecule has 0 bridgehead atoms. The van der Waals surface area contributed by atoms with Crippen molar-refractivity contribution < 1.29 is 13.9 Å². The molecule has 0 amide bonds. The van der Waals surface area contributed by atoms with Gasteiger partial charge in [-0.15, -0.1) is 6.58 Å². The summed E-state index contributed by atoms with van der Waals surface area (Å²) in [5.74, 6) is 1.29. The van der Waals surface area contributed by atoms with E-state index in [1.54, 1.807) is 12.1 Å². The average molecular weight is 376 g/mol. The molecule has 0 fully saturated rings. The molecule has 1 unspecified atom stereocenters. The first-order valence-corrected chi connectivity index (χ1v) is 9.30. The number of ether oxygens (including phenoxy) is 2. The van der Waals surface area contributed by atoms with E-state index in [1.807, 2.05) is 60.7 Å². The van der Waals surface area contributed by atoms with Crippen molar-refractivity contribution in [1.29, 1.82) is 0 Å². The highest BCUT2D eigenvalue weighted by Crippen LogP contribution is 2.38. The first kappa shape index (κ1) is 19.8. The largest absolute Gasteiger partial charge is 0.457 e. The molecule has 1 atom stereocenters. The third-order valence-corrected chi connectivity index (χ3v) is 4.67. The molecule has 0 aliphatic carbocycles. The number of halogens is 1. The maximum Gasteiger partial charge on any atom is 0.127 e. The van der Waals surface area contributed by atoms with Crippen LogP contribution in [0.3, 0.4) is 0 Å². The zero-order chi connectivity index (χ0) is 20.0. The average Bonchev–Trinajstić information content (AvgIpc) is 2.70. The lowest BCUT2D eigenvalue weighted by Gasteiger charge is -2.32. The lowest BCUT2D eigenvalue weighted by Crippen LogP contribution is -2.22. The third-order valence-electron chi connectivity index (χ3n) is 4.67. The summed E-state index contributed by atoms with van der Waals surface area (Å²) in [6, 6.07) is 23.9. The van der Waals surface area contributed by atoms with Crippen LogP contribution in [0.15, 0.2) is 91.5 Å². The quantitative estimate of drug-likeness (QED) is 0.391. The highest BCUT2D eigenvalue weighted by molar-refractivity contribution is 5.33. The van der Waals surface area contributed by atoms with Gasteiger partial charge in [0.15, 0.2) is 0 Å². The van der Waals surface area contributed by atoms with Gasteiger partial charge in [-0.25, -0.2) is 4.39 Å². The van der Waals surface area contributed by atoms with Crippen molar-refractivity contribution in [3.63, 3.8) is 0 Å². The van der Waals surface area contributed by atoms with Gasteiger partial charge in [0.05, 0.1) is 12.7 Å². The lowest BCUT2D eigenvalue weighted by molar-refractivity contribution is -0.0185. The molecule has 28 heavy (non-hydrogen) atoms. The highest BCUT2D eigenvalue weighted by Gasteiger charge is 2.29. The van der Waals surface area contributed by atoms with Gasteiger partial charge in [-0.1, -0.05) is 62.4 Å². The van der Waals surface area contributed by atoms with E-state index in [2.05, 4.69) is 20.4 Å². The van der Waals surface area contributed by atoms with Gasteiger partial charge in [-0.05, 0) is 47.5 Å². The van der Waals surface area contributed by atoms with Crippen molar-refractivity contribution in [2.24, 2.45) is 5.41 Å². The number of hydrogen-bond donors (Lipinski definition) is 0. The van der Waals surface area contributed by atoms with Crippen LogP contribution in [0.25, 0.3) is 0 Å². The highest BCUT2D eigenvalue weighted by atomic mass is 19.1. The van der Waals surface area contributed by atoms with Crippen LogP contribution in [0.5, 0.6) is 11.5 Å². The van der Waals surface area contributed by atoms with Crippen molar-refractivity contribution >= 4 is 0 Å². The molecule has 2 nitrogen and oxygen atoms in total. The molecule has 3 aromatic rings. The van der Waals surface area contributed by atoms with Gasteiger partial charge in [-0.2, -0.15) is 0 Å². The minimum absolute atomic E-state index is 0.246. The Morgan fingerprint density at radius 3 is 2.29 bits per heavy atom. The third kappa shape index (κ3) is 5.08. The molecule has 0 aliphatic rings. The predicted octanol–water partition coefficient (Wildman–Crippen LogP) is 7.09. The van der Waals surface area contributed by atoms with Gasteiger partial charge < -0.3 is 9.47 Å². The smallest absolute Gasteiger partial charge is 0.127 e. The zero-order valence-corrected chi connectivity index (χ0v) is 16.3. The number of para-hydroxylation sites is 1. The monoisotopic (exact) mass is 376 g/mol. The van der Waals surface area contributed by atoms with Crippen molar-refractivity contribution in [2.75, 3.05) is 0 Å². The fourth-order valence-corrected chi connectivity index (χ4v) is 2.99. The normalized spacial score (nSPS) is 12.4.